The van der Waals surface area contributed by atoms with E-state index in [2.05, 4.69) is 72.6 Å². The number of hydrogen-bond donors (Lipinski definition) is 0. The van der Waals surface area contributed by atoms with E-state index >= 15 is 0 Å². The fourth-order valence-electron chi connectivity index (χ4n) is 4.61. The van der Waals surface area contributed by atoms with E-state index in [0.717, 1.165) is 23.6 Å². The third kappa shape index (κ3) is 3.02. The van der Waals surface area contributed by atoms with E-state index in [9.17, 15) is 0 Å². The summed E-state index contributed by atoms with van der Waals surface area (Å²) >= 11 is 6.18. The van der Waals surface area contributed by atoms with Gasteiger partial charge < -0.3 is 0 Å². The Bertz CT molecular complexity index is 1020. The topological polar surface area (TPSA) is 15.6 Å². The van der Waals surface area contributed by atoms with Crippen LogP contribution in [0.25, 0.3) is 0 Å². The molecule has 0 aromatic heterocycles. The van der Waals surface area contributed by atoms with Crippen molar-refractivity contribution in [3.63, 3.8) is 0 Å². The van der Waals surface area contributed by atoms with Gasteiger partial charge in [0.25, 0.3) is 0 Å². The van der Waals surface area contributed by atoms with Gasteiger partial charge in [0, 0.05) is 16.5 Å². The number of halogens is 1. The summed E-state index contributed by atoms with van der Waals surface area (Å²) in [6.45, 7) is 2.17. The molecule has 0 bridgehead atoms. The Kier molecular flexibility index (Phi) is 4.44. The van der Waals surface area contributed by atoms with E-state index < -0.39 is 0 Å². The lowest BCUT2D eigenvalue weighted by atomic mass is 9.85. The number of para-hydroxylation sites is 1. The second-order valence-corrected chi connectivity index (χ2v) is 8.26. The van der Waals surface area contributed by atoms with Gasteiger partial charge in [0.05, 0.1) is 17.4 Å². The number of rotatable bonds is 2. The summed E-state index contributed by atoms with van der Waals surface area (Å²) in [5.41, 5.74) is 7.70. The van der Waals surface area contributed by atoms with E-state index in [4.69, 9.17) is 16.7 Å². The predicted molar refractivity (Wildman–Crippen MR) is 117 cm³/mol. The van der Waals surface area contributed by atoms with Crippen molar-refractivity contribution in [1.82, 2.24) is 0 Å². The van der Waals surface area contributed by atoms with Crippen LogP contribution in [0.15, 0.2) is 77.9 Å². The van der Waals surface area contributed by atoms with Gasteiger partial charge >= 0.3 is 0 Å². The average molecular weight is 387 g/mol. The minimum absolute atomic E-state index is 0.195. The van der Waals surface area contributed by atoms with Crippen molar-refractivity contribution in [3.05, 3.63) is 100 Å². The van der Waals surface area contributed by atoms with Gasteiger partial charge in [-0.3, -0.25) is 5.01 Å². The van der Waals surface area contributed by atoms with Gasteiger partial charge in [-0.25, -0.2) is 0 Å². The second kappa shape index (κ2) is 7.10. The van der Waals surface area contributed by atoms with Crippen molar-refractivity contribution >= 4 is 23.0 Å². The molecule has 0 unspecified atom stereocenters. The fraction of sp³-hybridized carbons (Fsp3) is 0.240. The van der Waals surface area contributed by atoms with Gasteiger partial charge in [0.2, 0.25) is 0 Å². The largest absolute Gasteiger partial charge is 0.257 e. The normalized spacial score (nSPS) is 20.9. The monoisotopic (exact) mass is 386 g/mol. The number of nitrogens with zero attached hydrogens (tertiary/aromatic N) is 2. The van der Waals surface area contributed by atoms with Gasteiger partial charge in [0.1, 0.15) is 0 Å². The molecule has 2 aliphatic rings. The molecule has 0 N–H and O–H groups in total. The number of benzene rings is 3. The van der Waals surface area contributed by atoms with Crippen molar-refractivity contribution in [3.8, 4) is 0 Å². The molecule has 2 atom stereocenters. The van der Waals surface area contributed by atoms with Crippen molar-refractivity contribution in [1.29, 1.82) is 0 Å². The summed E-state index contributed by atoms with van der Waals surface area (Å²) in [6.07, 6.45) is 3.46. The zero-order valence-corrected chi connectivity index (χ0v) is 16.7. The molecule has 1 aliphatic heterocycles. The molecule has 0 spiro atoms. The lowest BCUT2D eigenvalue weighted by Crippen LogP contribution is -2.25. The molecular weight excluding hydrogens is 364 g/mol. The molecular formula is C25H23ClN2. The lowest BCUT2D eigenvalue weighted by Gasteiger charge is -2.28. The van der Waals surface area contributed by atoms with Gasteiger partial charge in [-0.05, 0) is 67.6 Å². The van der Waals surface area contributed by atoms with Crippen molar-refractivity contribution < 1.29 is 0 Å². The molecule has 0 fully saturated rings. The van der Waals surface area contributed by atoms with Crippen LogP contribution in [0.2, 0.25) is 5.02 Å². The van der Waals surface area contributed by atoms with E-state index in [0.29, 0.717) is 5.92 Å². The second-order valence-electron chi connectivity index (χ2n) is 7.82. The van der Waals surface area contributed by atoms with Crippen LogP contribution < -0.4 is 5.01 Å². The Balaban J connectivity index is 1.67. The molecule has 3 heteroatoms. The van der Waals surface area contributed by atoms with Crippen molar-refractivity contribution in [2.24, 2.45) is 11.0 Å². The smallest absolute Gasteiger partial charge is 0.0860 e. The zero-order chi connectivity index (χ0) is 19.1. The number of anilines is 1. The molecule has 0 saturated heterocycles. The maximum Gasteiger partial charge on any atom is 0.0860 e. The summed E-state index contributed by atoms with van der Waals surface area (Å²) in [5, 5.41) is 8.22. The predicted octanol–water partition coefficient (Wildman–Crippen LogP) is 6.57. The lowest BCUT2D eigenvalue weighted by molar-refractivity contribution is 0.505. The number of aryl methyl sites for hydroxylation is 2. The van der Waals surface area contributed by atoms with Gasteiger partial charge in [-0.2, -0.15) is 5.10 Å². The van der Waals surface area contributed by atoms with Crippen molar-refractivity contribution in [2.45, 2.75) is 32.2 Å². The number of hydrogen-bond acceptors (Lipinski definition) is 2. The highest BCUT2D eigenvalue weighted by molar-refractivity contribution is 6.30. The van der Waals surface area contributed by atoms with Crippen LogP contribution in [0.4, 0.5) is 5.69 Å². The van der Waals surface area contributed by atoms with Gasteiger partial charge in [-0.15, -0.1) is 0 Å². The molecule has 1 aliphatic carbocycles. The Hall–Kier alpha value is -2.58. The van der Waals surface area contributed by atoms with E-state index in [-0.39, 0.29) is 6.04 Å². The fourth-order valence-corrected chi connectivity index (χ4v) is 4.74. The molecule has 5 rings (SSSR count). The summed E-state index contributed by atoms with van der Waals surface area (Å²) in [5.74, 6) is 0.379. The molecule has 2 nitrogen and oxygen atoms in total. The zero-order valence-electron chi connectivity index (χ0n) is 16.0. The van der Waals surface area contributed by atoms with E-state index in [1.807, 2.05) is 12.1 Å². The highest BCUT2D eigenvalue weighted by Gasteiger charge is 2.41. The maximum atomic E-state index is 6.18. The molecule has 3 aromatic rings. The number of fused-ring (bicyclic) bond motifs is 3. The molecule has 1 heterocycles. The minimum Gasteiger partial charge on any atom is -0.257 e. The van der Waals surface area contributed by atoms with Gasteiger partial charge in [-0.1, -0.05) is 59.6 Å². The van der Waals surface area contributed by atoms with Crippen LogP contribution in [0.3, 0.4) is 0 Å². The summed E-state index contributed by atoms with van der Waals surface area (Å²) in [4.78, 5) is 0. The molecule has 0 amide bonds. The molecule has 140 valence electrons. The summed E-state index contributed by atoms with van der Waals surface area (Å²) in [7, 11) is 0. The summed E-state index contributed by atoms with van der Waals surface area (Å²) < 4.78 is 0. The van der Waals surface area contributed by atoms with Crippen LogP contribution in [0, 0.1) is 12.8 Å². The molecule has 0 radical (unpaired) electrons. The van der Waals surface area contributed by atoms with E-state index in [1.165, 1.54) is 34.4 Å². The summed E-state index contributed by atoms with van der Waals surface area (Å²) in [6, 6.07) is 25.8. The minimum atomic E-state index is 0.195. The van der Waals surface area contributed by atoms with Crippen LogP contribution >= 0.6 is 11.6 Å². The first kappa shape index (κ1) is 17.5. The maximum absolute atomic E-state index is 6.18. The third-order valence-electron chi connectivity index (χ3n) is 5.95. The van der Waals surface area contributed by atoms with Crippen molar-refractivity contribution in [2.75, 3.05) is 5.01 Å². The Labute approximate surface area is 171 Å². The average Bonchev–Trinajstić information content (AvgIpc) is 3.00. The SMILES string of the molecule is Cc1ccc2c(c1)C1=NN(c3ccccc3)[C@@H](c3ccc(Cl)cc3)[C@@H]1CCC2. The quantitative estimate of drug-likeness (QED) is 0.486. The molecule has 0 saturated carbocycles. The third-order valence-corrected chi connectivity index (χ3v) is 6.20. The highest BCUT2D eigenvalue weighted by atomic mass is 35.5. The van der Waals surface area contributed by atoms with Crippen LogP contribution in [-0.4, -0.2) is 5.71 Å². The Morgan fingerprint density at radius 1 is 0.964 bits per heavy atom. The van der Waals surface area contributed by atoms with Crippen LogP contribution in [-0.2, 0) is 6.42 Å². The Morgan fingerprint density at radius 3 is 2.54 bits per heavy atom. The highest BCUT2D eigenvalue weighted by Crippen LogP contribution is 2.45. The number of hydrazone groups is 1. The first-order chi connectivity index (χ1) is 13.7. The van der Waals surface area contributed by atoms with E-state index in [1.54, 1.807) is 0 Å². The first-order valence-electron chi connectivity index (χ1n) is 9.99. The first-order valence-corrected chi connectivity index (χ1v) is 10.4. The Morgan fingerprint density at radius 2 is 1.75 bits per heavy atom. The van der Waals surface area contributed by atoms with Crippen LogP contribution in [0.5, 0.6) is 0 Å². The van der Waals surface area contributed by atoms with Crippen LogP contribution in [0.1, 0.15) is 41.1 Å². The molecule has 28 heavy (non-hydrogen) atoms. The van der Waals surface area contributed by atoms with Gasteiger partial charge in [0.15, 0.2) is 0 Å². The molecule has 3 aromatic carbocycles. The standard InChI is InChI=1S/C25H23ClN2/c1-17-10-11-18-6-5-9-22-24(23(18)16-17)27-28(21-7-3-2-4-8-21)25(22)19-12-14-20(26)15-13-19/h2-4,7-8,10-16,22,25H,5-6,9H2,1H3/t22-,25+/m1/s1.